The number of ether oxygens (including phenoxy) is 1. The van der Waals surface area contributed by atoms with Gasteiger partial charge in [0.25, 0.3) is 0 Å². The molecule has 2 aromatic rings. The molecule has 5 heteroatoms. The van der Waals surface area contributed by atoms with Crippen LogP contribution in [0.5, 0.6) is 5.75 Å². The number of halogens is 2. The van der Waals surface area contributed by atoms with Crippen LogP contribution in [0.4, 0.5) is 0 Å². The van der Waals surface area contributed by atoms with Gasteiger partial charge in [-0.05, 0) is 57.4 Å². The summed E-state index contributed by atoms with van der Waals surface area (Å²) < 4.78 is 12.8. The average Bonchev–Trinajstić information content (AvgIpc) is 2.79. The Hall–Kier alpha value is -0.520. The van der Waals surface area contributed by atoms with Crippen molar-refractivity contribution in [3.8, 4) is 5.75 Å². The van der Waals surface area contributed by atoms with Crippen molar-refractivity contribution in [2.75, 3.05) is 20.2 Å². The summed E-state index contributed by atoms with van der Waals surface area (Å²) in [6, 6.07) is 1.91. The first kappa shape index (κ1) is 13.9. The molecule has 0 aliphatic rings. The molecule has 0 atom stereocenters. The van der Waals surface area contributed by atoms with E-state index in [9.17, 15) is 0 Å². The summed E-state index contributed by atoms with van der Waals surface area (Å²) in [5.41, 5.74) is 2.03. The third-order valence-electron chi connectivity index (χ3n) is 2.82. The highest BCUT2D eigenvalue weighted by Crippen LogP contribution is 2.40. The normalized spacial score (nSPS) is 11.1. The number of rotatable bonds is 5. The number of methoxy groups -OCH3 is 1. The molecule has 98 valence electrons. The molecule has 0 aliphatic carbocycles. The minimum atomic E-state index is 0.806. The van der Waals surface area contributed by atoms with Crippen LogP contribution in [0.1, 0.15) is 12.5 Å². The summed E-state index contributed by atoms with van der Waals surface area (Å²) in [5.74, 6) is 0.806. The fraction of sp³-hybridized carbons (Fsp3) is 0.385. The van der Waals surface area contributed by atoms with Gasteiger partial charge in [-0.25, -0.2) is 0 Å². The predicted octanol–water partition coefficient (Wildman–Crippen LogP) is 4.12. The summed E-state index contributed by atoms with van der Waals surface area (Å²) >= 11 is 7.10. The standard InChI is InChI=1S/C13H15Br2NO2/c1-3-16-5-4-8-7-18-13-9(14)6-10(17-2)12(15)11(8)13/h6-7,16H,3-5H2,1-2H3. The van der Waals surface area contributed by atoms with Gasteiger partial charge in [0, 0.05) is 10.9 Å². The molecular formula is C13H15Br2NO2. The Morgan fingerprint density at radius 1 is 1.39 bits per heavy atom. The van der Waals surface area contributed by atoms with Crippen molar-refractivity contribution >= 4 is 42.8 Å². The fourth-order valence-corrected chi connectivity index (χ4v) is 3.12. The van der Waals surface area contributed by atoms with Crippen LogP contribution < -0.4 is 10.1 Å². The molecule has 0 saturated carbocycles. The van der Waals surface area contributed by atoms with Crippen LogP contribution in [0.15, 0.2) is 25.7 Å². The molecule has 0 unspecified atom stereocenters. The number of hydrogen-bond donors (Lipinski definition) is 1. The lowest BCUT2D eigenvalue weighted by atomic mass is 10.1. The fourth-order valence-electron chi connectivity index (χ4n) is 1.91. The van der Waals surface area contributed by atoms with Gasteiger partial charge in [0.2, 0.25) is 0 Å². The van der Waals surface area contributed by atoms with E-state index in [0.29, 0.717) is 0 Å². The Morgan fingerprint density at radius 3 is 2.83 bits per heavy atom. The van der Waals surface area contributed by atoms with E-state index in [1.54, 1.807) is 7.11 Å². The van der Waals surface area contributed by atoms with Crippen LogP contribution in [-0.2, 0) is 6.42 Å². The predicted molar refractivity (Wildman–Crippen MR) is 80.4 cm³/mol. The largest absolute Gasteiger partial charge is 0.496 e. The monoisotopic (exact) mass is 375 g/mol. The van der Waals surface area contributed by atoms with Crippen LogP contribution in [0, 0.1) is 0 Å². The van der Waals surface area contributed by atoms with Gasteiger partial charge < -0.3 is 14.5 Å². The van der Waals surface area contributed by atoms with E-state index < -0.39 is 0 Å². The molecule has 0 amide bonds. The average molecular weight is 377 g/mol. The van der Waals surface area contributed by atoms with Crippen molar-refractivity contribution in [3.05, 3.63) is 26.8 Å². The Balaban J connectivity index is 2.46. The van der Waals surface area contributed by atoms with E-state index in [2.05, 4.69) is 44.1 Å². The first-order valence-electron chi connectivity index (χ1n) is 5.81. The minimum absolute atomic E-state index is 0.806. The number of nitrogens with one attached hydrogen (secondary N) is 1. The molecule has 1 aromatic heterocycles. The van der Waals surface area contributed by atoms with Gasteiger partial charge in [0.15, 0.2) is 0 Å². The molecule has 18 heavy (non-hydrogen) atoms. The summed E-state index contributed by atoms with van der Waals surface area (Å²) in [4.78, 5) is 0. The third-order valence-corrected chi connectivity index (χ3v) is 4.20. The summed E-state index contributed by atoms with van der Waals surface area (Å²) in [7, 11) is 1.66. The molecule has 1 aromatic carbocycles. The van der Waals surface area contributed by atoms with Gasteiger partial charge in [0.05, 0.1) is 22.3 Å². The van der Waals surface area contributed by atoms with E-state index in [4.69, 9.17) is 9.15 Å². The van der Waals surface area contributed by atoms with E-state index in [-0.39, 0.29) is 0 Å². The Morgan fingerprint density at radius 2 is 2.17 bits per heavy atom. The molecule has 1 N–H and O–H groups in total. The quantitative estimate of drug-likeness (QED) is 0.797. The Kier molecular flexibility index (Phi) is 4.70. The van der Waals surface area contributed by atoms with Crippen molar-refractivity contribution < 1.29 is 9.15 Å². The lowest BCUT2D eigenvalue weighted by molar-refractivity contribution is 0.412. The van der Waals surface area contributed by atoms with Gasteiger partial charge in [-0.3, -0.25) is 0 Å². The van der Waals surface area contributed by atoms with E-state index in [1.165, 1.54) is 5.56 Å². The maximum Gasteiger partial charge on any atom is 0.149 e. The van der Waals surface area contributed by atoms with Crippen LogP contribution in [-0.4, -0.2) is 20.2 Å². The molecule has 0 bridgehead atoms. The van der Waals surface area contributed by atoms with Crippen molar-refractivity contribution in [2.45, 2.75) is 13.3 Å². The highest BCUT2D eigenvalue weighted by molar-refractivity contribution is 9.11. The van der Waals surface area contributed by atoms with E-state index in [0.717, 1.165) is 45.2 Å². The molecule has 0 radical (unpaired) electrons. The maximum absolute atomic E-state index is 5.63. The van der Waals surface area contributed by atoms with Gasteiger partial charge >= 0.3 is 0 Å². The minimum Gasteiger partial charge on any atom is -0.496 e. The lowest BCUT2D eigenvalue weighted by Gasteiger charge is -2.07. The van der Waals surface area contributed by atoms with Crippen LogP contribution >= 0.6 is 31.9 Å². The second-order valence-corrected chi connectivity index (χ2v) is 5.59. The first-order valence-corrected chi connectivity index (χ1v) is 7.40. The summed E-state index contributed by atoms with van der Waals surface area (Å²) in [5, 5.41) is 4.40. The number of hydrogen-bond acceptors (Lipinski definition) is 3. The maximum atomic E-state index is 5.63. The third kappa shape index (κ3) is 2.58. The number of benzene rings is 1. The zero-order valence-corrected chi connectivity index (χ0v) is 13.5. The van der Waals surface area contributed by atoms with Crippen molar-refractivity contribution in [1.82, 2.24) is 5.32 Å². The first-order chi connectivity index (χ1) is 8.69. The highest BCUT2D eigenvalue weighted by Gasteiger charge is 2.16. The molecule has 0 aliphatic heterocycles. The van der Waals surface area contributed by atoms with Crippen LogP contribution in [0.3, 0.4) is 0 Å². The molecule has 0 spiro atoms. The second-order valence-electron chi connectivity index (χ2n) is 3.94. The van der Waals surface area contributed by atoms with Crippen LogP contribution in [0.25, 0.3) is 11.0 Å². The molecule has 2 rings (SSSR count). The molecule has 1 heterocycles. The Bertz CT molecular complexity index is 551. The molecular weight excluding hydrogens is 362 g/mol. The van der Waals surface area contributed by atoms with Crippen molar-refractivity contribution in [3.63, 3.8) is 0 Å². The van der Waals surface area contributed by atoms with Crippen molar-refractivity contribution in [1.29, 1.82) is 0 Å². The second kappa shape index (κ2) is 6.08. The topological polar surface area (TPSA) is 34.4 Å². The zero-order chi connectivity index (χ0) is 13.1. The van der Waals surface area contributed by atoms with Crippen molar-refractivity contribution in [2.24, 2.45) is 0 Å². The van der Waals surface area contributed by atoms with Gasteiger partial charge in [-0.2, -0.15) is 0 Å². The molecule has 0 saturated heterocycles. The Labute approximate surface area is 123 Å². The summed E-state index contributed by atoms with van der Waals surface area (Å²) in [6.45, 7) is 4.01. The number of likely N-dealkylation sites (N-methyl/N-ethyl adjacent to an activating group) is 1. The lowest BCUT2D eigenvalue weighted by Crippen LogP contribution is -2.15. The highest BCUT2D eigenvalue weighted by atomic mass is 79.9. The molecule has 3 nitrogen and oxygen atoms in total. The van der Waals surface area contributed by atoms with Gasteiger partial charge in [-0.1, -0.05) is 6.92 Å². The summed E-state index contributed by atoms with van der Waals surface area (Å²) in [6.07, 6.45) is 2.75. The van der Waals surface area contributed by atoms with Gasteiger partial charge in [-0.15, -0.1) is 0 Å². The number of fused-ring (bicyclic) bond motifs is 1. The van der Waals surface area contributed by atoms with Crippen LogP contribution in [0.2, 0.25) is 0 Å². The smallest absolute Gasteiger partial charge is 0.149 e. The number of furan rings is 1. The van der Waals surface area contributed by atoms with Gasteiger partial charge in [0.1, 0.15) is 11.3 Å². The zero-order valence-electron chi connectivity index (χ0n) is 10.3. The SMILES string of the molecule is CCNCCc1coc2c(Br)cc(OC)c(Br)c12. The molecule has 0 fully saturated rings. The van der Waals surface area contributed by atoms with E-state index in [1.807, 2.05) is 12.3 Å². The van der Waals surface area contributed by atoms with E-state index >= 15 is 0 Å².